The number of rotatable bonds is 24. The molecule has 23 heteroatoms. The maximum absolute atomic E-state index is 15.1. The maximum Gasteiger partial charge on any atom is 0.356 e. The van der Waals surface area contributed by atoms with Crippen molar-refractivity contribution in [3.05, 3.63) is 227 Å². The Labute approximate surface area is 521 Å². The van der Waals surface area contributed by atoms with Crippen molar-refractivity contribution in [1.29, 1.82) is 0 Å². The van der Waals surface area contributed by atoms with Gasteiger partial charge in [-0.25, -0.2) is 9.59 Å². The fourth-order valence-corrected chi connectivity index (χ4v) is 12.7. The molecule has 3 aliphatic rings. The first-order valence-electron chi connectivity index (χ1n) is 28.3. The number of thioether (sulfide) groups is 2. The largest absolute Gasteiger partial charge is 0.497 e. The third kappa shape index (κ3) is 13.7. The van der Waals surface area contributed by atoms with Crippen molar-refractivity contribution in [2.45, 2.75) is 48.2 Å². The van der Waals surface area contributed by atoms with E-state index in [0.29, 0.717) is 45.3 Å². The first kappa shape index (κ1) is 61.9. The molecule has 3 N–H and O–H groups in total. The predicted molar refractivity (Wildman–Crippen MR) is 330 cm³/mol. The minimum absolute atomic E-state index is 0.0844. The van der Waals surface area contributed by atoms with Gasteiger partial charge in [0.2, 0.25) is 30.4 Å². The van der Waals surface area contributed by atoms with Crippen molar-refractivity contribution in [2.24, 2.45) is 0 Å². The number of piperazine rings is 1. The summed E-state index contributed by atoms with van der Waals surface area (Å²) in [7, 11) is 4.82. The Morgan fingerprint density at radius 1 is 0.730 bits per heavy atom. The molecule has 7 aromatic rings. The van der Waals surface area contributed by atoms with Gasteiger partial charge in [0.15, 0.2) is 17.6 Å². The Hall–Kier alpha value is -10.1. The van der Waals surface area contributed by atoms with Crippen LogP contribution in [-0.2, 0) is 46.7 Å². The van der Waals surface area contributed by atoms with Crippen LogP contribution in [0.4, 0.5) is 4.79 Å². The number of aromatic nitrogens is 1. The van der Waals surface area contributed by atoms with E-state index < -0.39 is 58.8 Å². The third-order valence-corrected chi connectivity index (χ3v) is 17.6. The molecule has 1 aromatic heterocycles. The van der Waals surface area contributed by atoms with Gasteiger partial charge >= 0.3 is 29.7 Å². The number of esters is 1. The molecule has 8 amide bonds. The molecule has 4 heterocycles. The van der Waals surface area contributed by atoms with Crippen LogP contribution < -0.4 is 44.6 Å². The van der Waals surface area contributed by atoms with Gasteiger partial charge in [0.1, 0.15) is 41.8 Å². The molecule has 456 valence electrons. The molecule has 0 aliphatic carbocycles. The van der Waals surface area contributed by atoms with Crippen LogP contribution in [0.2, 0.25) is 0 Å². The number of benzene rings is 6. The normalized spacial score (nSPS) is 16.5. The molecule has 0 bridgehead atoms. The van der Waals surface area contributed by atoms with Crippen molar-refractivity contribution in [3.63, 3.8) is 0 Å². The van der Waals surface area contributed by atoms with Gasteiger partial charge in [-0.2, -0.15) is 0 Å². The number of carbonyl (C=O) groups excluding carboxylic acids is 8. The zero-order chi connectivity index (χ0) is 62.6. The maximum atomic E-state index is 15.1. The molecular weight excluding hydrogens is 1180 g/mol. The number of hydrogen-bond donors (Lipinski definition) is 3. The zero-order valence-electron chi connectivity index (χ0n) is 48.9. The number of urea groups is 1. The number of imide groups is 1. The number of nitrogens with zero attached hydrogens (tertiary/aromatic N) is 5. The number of pyridine rings is 1. The number of ether oxygens (including phenoxy) is 5. The molecule has 0 saturated carbocycles. The highest BCUT2D eigenvalue weighted by atomic mass is 32.2. The Bertz CT molecular complexity index is 3730. The summed E-state index contributed by atoms with van der Waals surface area (Å²) in [5.41, 5.74) is 1.91. The monoisotopic (exact) mass is 1240 g/mol. The van der Waals surface area contributed by atoms with Crippen LogP contribution in [0.3, 0.4) is 0 Å². The van der Waals surface area contributed by atoms with Crippen LogP contribution in [0.1, 0.15) is 57.2 Å². The minimum atomic E-state index is -2.15. The number of methoxy groups -OCH3 is 2. The van der Waals surface area contributed by atoms with Crippen molar-refractivity contribution in [2.75, 3.05) is 57.4 Å². The molecule has 89 heavy (non-hydrogen) atoms. The summed E-state index contributed by atoms with van der Waals surface area (Å²) in [6, 6.07) is 47.2. The smallest absolute Gasteiger partial charge is 0.356 e. The Morgan fingerprint density at radius 2 is 1.30 bits per heavy atom. The number of nitrogens with one attached hydrogen (secondary N) is 3. The second kappa shape index (κ2) is 28.1. The quantitative estimate of drug-likeness (QED) is 0.0107. The highest BCUT2D eigenvalue weighted by Crippen LogP contribution is 2.47. The standard InChI is InChI=1S/C66H62N8O13S2/c1-5-71-35-36-73(61(79)60(71)78)65(82)68-55(45-15-9-6-10-16-45)58(76)69-66(67-42-75)63(81)74-56(62(80)87-57(46-17-11-7-12-18-46)47-19-13-8-14-20-47)49(41-89-64(66)74)40-88-52-31-33-72(34-32-52)70(2)59(77)48-25-30-53(85-38-43-21-26-50(83-3)27-22-43)54(37-48)86-39-44-23-28-51(84-4)29-24-44/h6-34,37,42,55,57,64H,5,35-36,38-41H2,1-4H3,(H2-,67,68,69,75,76,82)/p+1/t55-,64-,66-/m1/s1. The van der Waals surface area contributed by atoms with Crippen LogP contribution in [0.15, 0.2) is 198 Å². The van der Waals surface area contributed by atoms with Crippen LogP contribution in [-0.4, -0.2) is 126 Å². The summed E-state index contributed by atoms with van der Waals surface area (Å²) in [5, 5.41) is 8.11. The van der Waals surface area contributed by atoms with E-state index in [2.05, 4.69) is 16.0 Å². The molecule has 2 fully saturated rings. The van der Waals surface area contributed by atoms with E-state index in [1.165, 1.54) is 38.3 Å². The number of likely N-dealkylation sites (N-methyl/N-ethyl adjacent to an activating group) is 1. The number of amides is 8. The average Bonchev–Trinajstić information content (AvgIpc) is 0.721. The number of β-lactam (4-membered cyclic amide) rings is 1. The van der Waals surface area contributed by atoms with E-state index in [-0.39, 0.29) is 67.9 Å². The molecule has 3 aliphatic heterocycles. The predicted octanol–water partition coefficient (Wildman–Crippen LogP) is 6.85. The summed E-state index contributed by atoms with van der Waals surface area (Å²) < 4.78 is 31.2. The number of fused-ring (bicyclic) bond motifs is 1. The van der Waals surface area contributed by atoms with Gasteiger partial charge in [-0.05, 0) is 82.8 Å². The van der Waals surface area contributed by atoms with Crippen molar-refractivity contribution in [1.82, 2.24) is 30.7 Å². The summed E-state index contributed by atoms with van der Waals surface area (Å²) >= 11 is 2.54. The molecule has 21 nitrogen and oxygen atoms in total. The summed E-state index contributed by atoms with van der Waals surface area (Å²) in [4.78, 5) is 115. The third-order valence-electron chi connectivity index (χ3n) is 15.1. The van der Waals surface area contributed by atoms with Gasteiger partial charge in [-0.1, -0.05) is 120 Å². The van der Waals surface area contributed by atoms with Crippen molar-refractivity contribution >= 4 is 71.5 Å². The van der Waals surface area contributed by atoms with Crippen LogP contribution >= 0.6 is 23.5 Å². The van der Waals surface area contributed by atoms with Crippen LogP contribution in [0.5, 0.6) is 23.0 Å². The van der Waals surface area contributed by atoms with Crippen molar-refractivity contribution in [3.8, 4) is 23.0 Å². The lowest BCUT2D eigenvalue weighted by molar-refractivity contribution is -0.679. The first-order chi connectivity index (χ1) is 43.2. The highest BCUT2D eigenvalue weighted by Gasteiger charge is 2.66. The molecule has 0 radical (unpaired) electrons. The first-order valence-corrected chi connectivity index (χ1v) is 30.3. The molecule has 6 aromatic carbocycles. The zero-order valence-corrected chi connectivity index (χ0v) is 50.6. The summed E-state index contributed by atoms with van der Waals surface area (Å²) in [5.74, 6) is -2.49. The van der Waals surface area contributed by atoms with Crippen LogP contribution in [0.25, 0.3) is 0 Å². The second-order valence-electron chi connectivity index (χ2n) is 20.6. The van der Waals surface area contributed by atoms with E-state index in [4.69, 9.17) is 23.7 Å². The molecule has 3 atom stereocenters. The Balaban J connectivity index is 0.895. The van der Waals surface area contributed by atoms with Gasteiger partial charge in [-0.15, -0.1) is 28.5 Å². The lowest BCUT2D eigenvalue weighted by Gasteiger charge is -2.57. The van der Waals surface area contributed by atoms with Crippen molar-refractivity contribution < 1.29 is 66.7 Å². The lowest BCUT2D eigenvalue weighted by Crippen LogP contribution is -2.85. The Morgan fingerprint density at radius 3 is 1.87 bits per heavy atom. The molecule has 0 unspecified atom stereocenters. The summed E-state index contributed by atoms with van der Waals surface area (Å²) in [6.07, 6.45) is 2.76. The topological polar surface area (TPSA) is 236 Å². The number of hydrogen-bond acceptors (Lipinski definition) is 15. The van der Waals surface area contributed by atoms with E-state index in [9.17, 15) is 28.8 Å². The molecule has 0 spiro atoms. The van der Waals surface area contributed by atoms with Gasteiger partial charge in [0.05, 0.1) is 21.3 Å². The highest BCUT2D eigenvalue weighted by molar-refractivity contribution is 8.01. The van der Waals surface area contributed by atoms with E-state index in [0.717, 1.165) is 20.9 Å². The van der Waals surface area contributed by atoms with Gasteiger partial charge in [-0.3, -0.25) is 38.6 Å². The number of carbonyl (C=O) groups is 8. The fourth-order valence-electron chi connectivity index (χ4n) is 10.2. The molecule has 10 rings (SSSR count). The fraction of sp³-hybridized carbons (Fsp3) is 0.227. The van der Waals surface area contributed by atoms with Gasteiger partial charge in [0, 0.05) is 53.7 Å². The van der Waals surface area contributed by atoms with Crippen LogP contribution in [0, 0.1) is 0 Å². The van der Waals surface area contributed by atoms with Gasteiger partial charge < -0.3 is 44.5 Å². The van der Waals surface area contributed by atoms with E-state index in [1.54, 1.807) is 106 Å². The Kier molecular flexibility index (Phi) is 19.6. The summed E-state index contributed by atoms with van der Waals surface area (Å²) in [6.45, 7) is 2.32. The molecule has 2 saturated heterocycles. The van der Waals surface area contributed by atoms with Gasteiger partial charge in [0.25, 0.3) is 5.91 Å². The molecular formula is C66H63N8O13S2+. The van der Waals surface area contributed by atoms with E-state index in [1.807, 2.05) is 109 Å². The lowest BCUT2D eigenvalue weighted by atomic mass is 9.94. The minimum Gasteiger partial charge on any atom is -0.497 e. The van der Waals surface area contributed by atoms with E-state index >= 15 is 9.59 Å². The average molecular weight is 1240 g/mol. The second-order valence-corrected chi connectivity index (χ2v) is 22.7. The SMILES string of the molecule is CCN1CCN(C(=O)N[C@@H](C(=O)N[C@]2(NC=O)C(=O)N3C(C(=O)OC(c4ccccc4)c4ccccc4)=C(CSc4cc[n+](N(C)C(=O)c5ccc(OCc6ccc(OC)cc6)c(OCc6ccc(OC)cc6)c5)cc4)CS[C@@H]32)c2ccccc2)C(=O)C1=O.